The molecule has 2 aromatic heterocycles. The number of aliphatic hydroxyl groups is 1. The van der Waals surface area contributed by atoms with Crippen LogP contribution in [0.15, 0.2) is 28.7 Å². The zero-order valence-corrected chi connectivity index (χ0v) is 12.1. The lowest BCUT2D eigenvalue weighted by molar-refractivity contribution is -0.140. The van der Waals surface area contributed by atoms with Gasteiger partial charge in [-0.25, -0.2) is 14.8 Å². The number of carboxylic acids is 1. The average Bonchev–Trinajstić information content (AvgIpc) is 2.82. The van der Waals surface area contributed by atoms with Crippen LogP contribution in [0, 0.1) is 6.92 Å². The Balaban J connectivity index is 2.18. The molecular formula is C15H15N3O4. The van der Waals surface area contributed by atoms with Crippen LogP contribution in [0.2, 0.25) is 0 Å². The van der Waals surface area contributed by atoms with E-state index in [9.17, 15) is 15.0 Å². The molecule has 7 nitrogen and oxygen atoms in total. The summed E-state index contributed by atoms with van der Waals surface area (Å²) in [5.74, 6) is -0.432. The number of aliphatic carboxylic acids is 1. The molecule has 3 aromatic rings. The number of anilines is 1. The van der Waals surface area contributed by atoms with E-state index in [1.165, 1.54) is 6.92 Å². The summed E-state index contributed by atoms with van der Waals surface area (Å²) in [5, 5.41) is 22.4. The van der Waals surface area contributed by atoms with Crippen molar-refractivity contribution in [1.29, 1.82) is 0 Å². The second kappa shape index (κ2) is 5.27. The fourth-order valence-corrected chi connectivity index (χ4v) is 2.34. The number of carbonyl (C=O) groups is 1. The number of carboxylic acid groups (broad SMARTS) is 1. The Morgan fingerprint density at radius 1 is 1.32 bits per heavy atom. The number of rotatable bonds is 4. The molecule has 1 aromatic carbocycles. The van der Waals surface area contributed by atoms with Crippen LogP contribution in [0.25, 0.3) is 22.1 Å². The van der Waals surface area contributed by atoms with Gasteiger partial charge in [0.2, 0.25) is 0 Å². The Bertz CT molecular complexity index is 856. The highest BCUT2D eigenvalue weighted by Crippen LogP contribution is 2.31. The summed E-state index contributed by atoms with van der Waals surface area (Å²) in [6.45, 7) is 3.11. The fraction of sp³-hybridized carbons (Fsp3) is 0.267. The third-order valence-electron chi connectivity index (χ3n) is 3.37. The van der Waals surface area contributed by atoms with Crippen LogP contribution in [0.1, 0.15) is 12.7 Å². The van der Waals surface area contributed by atoms with E-state index in [1.54, 1.807) is 13.0 Å². The van der Waals surface area contributed by atoms with Crippen molar-refractivity contribution >= 4 is 33.9 Å². The molecule has 0 radical (unpaired) electrons. The summed E-state index contributed by atoms with van der Waals surface area (Å²) in [6.07, 6.45) is -1.09. The van der Waals surface area contributed by atoms with Crippen LogP contribution in [0.4, 0.5) is 5.82 Å². The monoisotopic (exact) mass is 301 g/mol. The standard InChI is InChI=1S/C15H15N3O4/c1-7(19)11(15(20)21)18-14-13-12(16-8(2)17-14)9-5-3-4-6-10(9)22-13/h3-7,11,19H,1-2H3,(H,20,21)(H,16,17,18). The van der Waals surface area contributed by atoms with Gasteiger partial charge in [0.05, 0.1) is 6.10 Å². The number of furan rings is 1. The first kappa shape index (κ1) is 14.3. The van der Waals surface area contributed by atoms with Gasteiger partial charge in [-0.05, 0) is 26.0 Å². The molecular weight excluding hydrogens is 286 g/mol. The molecule has 0 spiro atoms. The molecule has 0 aliphatic heterocycles. The SMILES string of the molecule is Cc1nc(NC(C(=O)O)C(C)O)c2oc3ccccc3c2n1. The number of nitrogens with one attached hydrogen (secondary N) is 1. The summed E-state index contributed by atoms with van der Waals surface area (Å²) >= 11 is 0. The van der Waals surface area contributed by atoms with Crippen molar-refractivity contribution < 1.29 is 19.4 Å². The van der Waals surface area contributed by atoms with Gasteiger partial charge in [0.1, 0.15) is 16.9 Å². The van der Waals surface area contributed by atoms with Crippen LogP contribution in [0.3, 0.4) is 0 Å². The maximum absolute atomic E-state index is 11.2. The first-order valence-corrected chi connectivity index (χ1v) is 6.80. The lowest BCUT2D eigenvalue weighted by Gasteiger charge is -2.17. The highest BCUT2D eigenvalue weighted by molar-refractivity contribution is 6.05. The molecule has 7 heteroatoms. The molecule has 0 fully saturated rings. The van der Waals surface area contributed by atoms with E-state index in [2.05, 4.69) is 15.3 Å². The van der Waals surface area contributed by atoms with Gasteiger partial charge in [0.25, 0.3) is 0 Å². The molecule has 0 amide bonds. The molecule has 3 N–H and O–H groups in total. The molecule has 2 heterocycles. The fourth-order valence-electron chi connectivity index (χ4n) is 2.34. The predicted molar refractivity (Wildman–Crippen MR) is 80.8 cm³/mol. The Morgan fingerprint density at radius 3 is 2.73 bits per heavy atom. The highest BCUT2D eigenvalue weighted by atomic mass is 16.4. The van der Waals surface area contributed by atoms with Gasteiger partial charge in [-0.15, -0.1) is 0 Å². The first-order chi connectivity index (χ1) is 10.5. The molecule has 0 bridgehead atoms. The molecule has 0 aliphatic rings. The van der Waals surface area contributed by atoms with Crippen LogP contribution < -0.4 is 5.32 Å². The number of aliphatic hydroxyl groups excluding tert-OH is 1. The Labute approximate surface area is 125 Å². The summed E-state index contributed by atoms with van der Waals surface area (Å²) in [7, 11) is 0. The van der Waals surface area contributed by atoms with Crippen molar-refractivity contribution in [3.63, 3.8) is 0 Å². The topological polar surface area (TPSA) is 108 Å². The lowest BCUT2D eigenvalue weighted by atomic mass is 10.2. The van der Waals surface area contributed by atoms with Gasteiger partial charge >= 0.3 is 5.97 Å². The maximum atomic E-state index is 11.2. The zero-order valence-electron chi connectivity index (χ0n) is 12.1. The maximum Gasteiger partial charge on any atom is 0.328 e. The van der Waals surface area contributed by atoms with Gasteiger partial charge in [0.15, 0.2) is 17.4 Å². The van der Waals surface area contributed by atoms with E-state index in [1.807, 2.05) is 18.2 Å². The van der Waals surface area contributed by atoms with Crippen LogP contribution in [0.5, 0.6) is 0 Å². The van der Waals surface area contributed by atoms with Crippen molar-refractivity contribution in [1.82, 2.24) is 9.97 Å². The largest absolute Gasteiger partial charge is 0.480 e. The molecule has 0 aliphatic carbocycles. The minimum Gasteiger partial charge on any atom is -0.480 e. The first-order valence-electron chi connectivity index (χ1n) is 6.80. The van der Waals surface area contributed by atoms with Crippen LogP contribution in [-0.2, 0) is 4.79 Å². The van der Waals surface area contributed by atoms with Crippen LogP contribution in [-0.4, -0.2) is 38.3 Å². The molecule has 114 valence electrons. The Hall–Kier alpha value is -2.67. The molecule has 3 rings (SSSR count). The number of para-hydroxylation sites is 1. The van der Waals surface area contributed by atoms with E-state index in [-0.39, 0.29) is 5.82 Å². The number of fused-ring (bicyclic) bond motifs is 3. The van der Waals surface area contributed by atoms with Crippen molar-refractivity contribution in [2.24, 2.45) is 0 Å². The van der Waals surface area contributed by atoms with Gasteiger partial charge < -0.3 is 19.9 Å². The smallest absolute Gasteiger partial charge is 0.328 e. The highest BCUT2D eigenvalue weighted by Gasteiger charge is 2.25. The van der Waals surface area contributed by atoms with Gasteiger partial charge in [0, 0.05) is 5.39 Å². The average molecular weight is 301 g/mol. The Morgan fingerprint density at radius 2 is 2.05 bits per heavy atom. The van der Waals surface area contributed by atoms with Crippen molar-refractivity contribution in [2.45, 2.75) is 26.0 Å². The second-order valence-electron chi connectivity index (χ2n) is 5.10. The minimum atomic E-state index is -1.19. The third kappa shape index (κ3) is 2.35. The van der Waals surface area contributed by atoms with Crippen molar-refractivity contribution in [3.05, 3.63) is 30.1 Å². The second-order valence-corrected chi connectivity index (χ2v) is 5.10. The summed E-state index contributed by atoms with van der Waals surface area (Å²) < 4.78 is 5.74. The summed E-state index contributed by atoms with van der Waals surface area (Å²) in [5.41, 5.74) is 1.63. The van der Waals surface area contributed by atoms with Crippen molar-refractivity contribution in [3.8, 4) is 0 Å². The molecule has 2 unspecified atom stereocenters. The lowest BCUT2D eigenvalue weighted by Crippen LogP contribution is -2.39. The number of benzene rings is 1. The van der Waals surface area contributed by atoms with E-state index in [0.29, 0.717) is 22.5 Å². The number of aryl methyl sites for hydroxylation is 1. The van der Waals surface area contributed by atoms with E-state index in [4.69, 9.17) is 4.42 Å². The minimum absolute atomic E-state index is 0.256. The molecule has 0 saturated heterocycles. The number of aromatic nitrogens is 2. The number of hydrogen-bond acceptors (Lipinski definition) is 6. The number of nitrogens with zero attached hydrogens (tertiary/aromatic N) is 2. The quantitative estimate of drug-likeness (QED) is 0.675. The summed E-state index contributed by atoms with van der Waals surface area (Å²) in [4.78, 5) is 19.8. The molecule has 2 atom stereocenters. The normalized spacial score (nSPS) is 14.1. The van der Waals surface area contributed by atoms with Crippen LogP contribution >= 0.6 is 0 Å². The third-order valence-corrected chi connectivity index (χ3v) is 3.37. The Kier molecular flexibility index (Phi) is 3.42. The van der Waals surface area contributed by atoms with Gasteiger partial charge in [-0.3, -0.25) is 0 Å². The predicted octanol–water partition coefficient (Wildman–Crippen LogP) is 1.93. The van der Waals surface area contributed by atoms with Gasteiger partial charge in [-0.2, -0.15) is 0 Å². The van der Waals surface area contributed by atoms with Gasteiger partial charge in [-0.1, -0.05) is 12.1 Å². The van der Waals surface area contributed by atoms with E-state index in [0.717, 1.165) is 5.39 Å². The van der Waals surface area contributed by atoms with E-state index < -0.39 is 18.1 Å². The zero-order chi connectivity index (χ0) is 15.9. The molecule has 0 saturated carbocycles. The molecule has 22 heavy (non-hydrogen) atoms. The van der Waals surface area contributed by atoms with E-state index >= 15 is 0 Å². The number of hydrogen-bond donors (Lipinski definition) is 3. The summed E-state index contributed by atoms with van der Waals surface area (Å²) in [6, 6.07) is 6.21. The van der Waals surface area contributed by atoms with Crippen molar-refractivity contribution in [2.75, 3.05) is 5.32 Å².